The van der Waals surface area contributed by atoms with Gasteiger partial charge in [-0.05, 0) is 39.0 Å². The van der Waals surface area contributed by atoms with Crippen LogP contribution in [0.5, 0.6) is 0 Å². The number of nitrogens with one attached hydrogen (secondary N) is 4. The molecule has 19 heteroatoms. The second-order valence-corrected chi connectivity index (χ2v) is 9.85. The van der Waals surface area contributed by atoms with E-state index in [4.69, 9.17) is 22.3 Å². The fourth-order valence-corrected chi connectivity index (χ4v) is 4.05. The van der Waals surface area contributed by atoms with E-state index in [1.807, 2.05) is 0 Å². The van der Waals surface area contributed by atoms with Crippen molar-refractivity contribution >= 4 is 47.4 Å². The van der Waals surface area contributed by atoms with E-state index in [0.717, 1.165) is 4.90 Å². The number of guanidine groups is 1. The summed E-state index contributed by atoms with van der Waals surface area (Å²) >= 11 is 0. The van der Waals surface area contributed by atoms with Crippen LogP contribution in [0.3, 0.4) is 0 Å². The summed E-state index contributed by atoms with van der Waals surface area (Å²) in [4.78, 5) is 90.4. The number of carboxylic acid groups (broad SMARTS) is 2. The number of carbonyl (C=O) groups excluding carboxylic acids is 5. The lowest BCUT2D eigenvalue weighted by Gasteiger charge is -2.28. The van der Waals surface area contributed by atoms with E-state index in [-0.39, 0.29) is 44.7 Å². The SMILES string of the molecule is C[C@@H](O)[C@H](N)C(=O)NCC(=O)NCC(=O)N[C@@H](CCC(=O)O)C(=O)N[C@@H](CCCN=C(N)N)C(=O)N1CCC[C@H]1C(=O)O. The first kappa shape index (κ1) is 36.5. The Hall–Kier alpha value is -4.52. The molecule has 0 bridgehead atoms. The van der Waals surface area contributed by atoms with Gasteiger partial charge in [0.15, 0.2) is 5.96 Å². The predicted molar refractivity (Wildman–Crippen MR) is 149 cm³/mol. The summed E-state index contributed by atoms with van der Waals surface area (Å²) in [7, 11) is 0. The minimum atomic E-state index is -1.44. The van der Waals surface area contributed by atoms with E-state index in [9.17, 15) is 43.8 Å². The minimum Gasteiger partial charge on any atom is -0.481 e. The standard InChI is InChI=1S/C24H41N9O10/c1-12(34)19(25)21(40)30-10-16(35)29-11-17(36)31-13(6-7-18(37)38)20(39)32-14(4-2-8-28-24(26)27)22(41)33-9-3-5-15(33)23(42)43/h12-15,19,34H,2-11,25H2,1H3,(H,29,35)(H,30,40)(H,31,36)(H,32,39)(H,37,38)(H,42,43)(H4,26,27,28)/t12-,13+,14+,15+,19+/m1/s1. The first-order chi connectivity index (χ1) is 20.1. The van der Waals surface area contributed by atoms with Gasteiger partial charge in [0.1, 0.15) is 24.2 Å². The summed E-state index contributed by atoms with van der Waals surface area (Å²) in [5, 5.41) is 37.1. The number of carboxylic acids is 2. The molecule has 0 aliphatic carbocycles. The minimum absolute atomic E-state index is 0.00425. The molecule has 1 rings (SSSR count). The zero-order valence-corrected chi connectivity index (χ0v) is 23.8. The fraction of sp³-hybridized carbons (Fsp3) is 0.667. The van der Waals surface area contributed by atoms with Crippen LogP contribution in [0.1, 0.15) is 45.4 Å². The van der Waals surface area contributed by atoms with Crippen molar-refractivity contribution in [2.75, 3.05) is 26.2 Å². The first-order valence-electron chi connectivity index (χ1n) is 13.5. The Morgan fingerprint density at radius 2 is 1.58 bits per heavy atom. The van der Waals surface area contributed by atoms with E-state index in [2.05, 4.69) is 26.3 Å². The number of hydrogen-bond donors (Lipinski definition) is 10. The first-order valence-corrected chi connectivity index (χ1v) is 13.5. The molecule has 0 aromatic heterocycles. The molecule has 242 valence electrons. The quantitative estimate of drug-likeness (QED) is 0.0392. The monoisotopic (exact) mass is 615 g/mol. The summed E-state index contributed by atoms with van der Waals surface area (Å²) in [5.41, 5.74) is 16.1. The fourth-order valence-electron chi connectivity index (χ4n) is 4.05. The van der Waals surface area contributed by atoms with Crippen molar-refractivity contribution in [2.24, 2.45) is 22.2 Å². The number of hydrogen-bond acceptors (Lipinski definition) is 10. The second-order valence-electron chi connectivity index (χ2n) is 9.85. The molecule has 1 aliphatic heterocycles. The van der Waals surface area contributed by atoms with Crippen molar-refractivity contribution in [3.63, 3.8) is 0 Å². The van der Waals surface area contributed by atoms with E-state index in [0.29, 0.717) is 6.42 Å². The summed E-state index contributed by atoms with van der Waals surface area (Å²) in [5.74, 6) is -6.71. The second kappa shape index (κ2) is 18.1. The van der Waals surface area contributed by atoms with Gasteiger partial charge < -0.3 is 58.7 Å². The number of rotatable bonds is 18. The van der Waals surface area contributed by atoms with Gasteiger partial charge in [0.25, 0.3) is 0 Å². The Morgan fingerprint density at radius 3 is 2.16 bits per heavy atom. The van der Waals surface area contributed by atoms with Crippen molar-refractivity contribution in [3.05, 3.63) is 0 Å². The number of aliphatic hydroxyl groups is 1. The van der Waals surface area contributed by atoms with Crippen molar-refractivity contribution in [1.82, 2.24) is 26.2 Å². The van der Waals surface area contributed by atoms with Gasteiger partial charge in [0.05, 0.1) is 19.2 Å². The van der Waals surface area contributed by atoms with Crippen LogP contribution in [0, 0.1) is 0 Å². The number of likely N-dealkylation sites (tertiary alicyclic amines) is 1. The molecule has 5 atom stereocenters. The molecular weight excluding hydrogens is 574 g/mol. The number of nitrogens with zero attached hydrogens (tertiary/aromatic N) is 2. The van der Waals surface area contributed by atoms with Crippen LogP contribution in [-0.2, 0) is 33.6 Å². The molecule has 1 saturated heterocycles. The number of aliphatic hydroxyl groups excluding tert-OH is 1. The topological polar surface area (TPSA) is 322 Å². The van der Waals surface area contributed by atoms with Gasteiger partial charge in [-0.3, -0.25) is 33.8 Å². The molecule has 1 heterocycles. The number of amides is 5. The predicted octanol–water partition coefficient (Wildman–Crippen LogP) is -5.11. The van der Waals surface area contributed by atoms with Crippen LogP contribution < -0.4 is 38.5 Å². The molecule has 0 aromatic rings. The third kappa shape index (κ3) is 13.3. The van der Waals surface area contributed by atoms with Crippen LogP contribution in [0.4, 0.5) is 0 Å². The van der Waals surface area contributed by atoms with Gasteiger partial charge in [-0.15, -0.1) is 0 Å². The molecule has 43 heavy (non-hydrogen) atoms. The van der Waals surface area contributed by atoms with Gasteiger partial charge in [-0.25, -0.2) is 4.79 Å². The molecule has 0 spiro atoms. The smallest absolute Gasteiger partial charge is 0.326 e. The van der Waals surface area contributed by atoms with E-state index < -0.39 is 91.3 Å². The molecule has 0 saturated carbocycles. The lowest BCUT2D eigenvalue weighted by molar-refractivity contribution is -0.149. The van der Waals surface area contributed by atoms with Gasteiger partial charge >= 0.3 is 11.9 Å². The highest BCUT2D eigenvalue weighted by Gasteiger charge is 2.38. The molecule has 1 fully saturated rings. The van der Waals surface area contributed by atoms with Crippen LogP contribution in [-0.4, -0.2) is 124 Å². The van der Waals surface area contributed by atoms with E-state index in [1.165, 1.54) is 6.92 Å². The summed E-state index contributed by atoms with van der Waals surface area (Å²) in [6.45, 7) is 0.334. The van der Waals surface area contributed by atoms with Crippen molar-refractivity contribution < 1.29 is 48.9 Å². The Morgan fingerprint density at radius 1 is 0.930 bits per heavy atom. The Labute approximate surface area is 247 Å². The molecular formula is C24H41N9O10. The molecule has 0 radical (unpaired) electrons. The van der Waals surface area contributed by atoms with Crippen molar-refractivity contribution in [2.45, 2.75) is 75.7 Å². The number of nitrogens with two attached hydrogens (primary N) is 3. The molecule has 0 unspecified atom stereocenters. The Balaban J connectivity index is 2.91. The highest BCUT2D eigenvalue weighted by Crippen LogP contribution is 2.20. The molecule has 19 nitrogen and oxygen atoms in total. The van der Waals surface area contributed by atoms with Gasteiger partial charge in [0, 0.05) is 19.5 Å². The zero-order chi connectivity index (χ0) is 32.7. The van der Waals surface area contributed by atoms with Crippen LogP contribution in [0.25, 0.3) is 0 Å². The average Bonchev–Trinajstić information content (AvgIpc) is 3.43. The maximum Gasteiger partial charge on any atom is 0.326 e. The molecule has 0 aromatic carbocycles. The average molecular weight is 616 g/mol. The molecule has 13 N–H and O–H groups in total. The van der Waals surface area contributed by atoms with Gasteiger partial charge in [-0.1, -0.05) is 0 Å². The number of aliphatic carboxylic acids is 2. The molecule has 5 amide bonds. The third-order valence-corrected chi connectivity index (χ3v) is 6.37. The lowest BCUT2D eigenvalue weighted by Crippen LogP contribution is -2.56. The summed E-state index contributed by atoms with van der Waals surface area (Å²) < 4.78 is 0. The third-order valence-electron chi connectivity index (χ3n) is 6.37. The van der Waals surface area contributed by atoms with Gasteiger partial charge in [0.2, 0.25) is 29.5 Å². The van der Waals surface area contributed by atoms with E-state index >= 15 is 0 Å². The van der Waals surface area contributed by atoms with Gasteiger partial charge in [-0.2, -0.15) is 0 Å². The highest BCUT2D eigenvalue weighted by molar-refractivity contribution is 5.95. The normalized spacial score (nSPS) is 17.0. The number of carbonyl (C=O) groups is 7. The largest absolute Gasteiger partial charge is 0.481 e. The maximum absolute atomic E-state index is 13.3. The van der Waals surface area contributed by atoms with Crippen molar-refractivity contribution in [3.8, 4) is 0 Å². The van der Waals surface area contributed by atoms with Crippen LogP contribution >= 0.6 is 0 Å². The van der Waals surface area contributed by atoms with Crippen LogP contribution in [0.15, 0.2) is 4.99 Å². The zero-order valence-electron chi connectivity index (χ0n) is 23.8. The maximum atomic E-state index is 13.3. The summed E-state index contributed by atoms with van der Waals surface area (Å²) in [6.07, 6.45) is -1.17. The van der Waals surface area contributed by atoms with Crippen molar-refractivity contribution in [1.29, 1.82) is 0 Å². The Bertz CT molecular complexity index is 1060. The lowest BCUT2D eigenvalue weighted by atomic mass is 10.1. The van der Waals surface area contributed by atoms with E-state index in [1.54, 1.807) is 0 Å². The number of aliphatic imine (C=N–C) groups is 1. The highest BCUT2D eigenvalue weighted by atomic mass is 16.4. The molecule has 1 aliphatic rings. The summed E-state index contributed by atoms with van der Waals surface area (Å²) in [6, 6.07) is -5.02. The van der Waals surface area contributed by atoms with Crippen LogP contribution in [0.2, 0.25) is 0 Å². The Kier molecular flexibility index (Phi) is 15.4.